The minimum atomic E-state index is -0.381. The molecule has 18 heavy (non-hydrogen) atoms. The second kappa shape index (κ2) is 4.55. The van der Waals surface area contributed by atoms with E-state index in [-0.39, 0.29) is 18.3 Å². The van der Waals surface area contributed by atoms with Crippen LogP contribution >= 0.6 is 11.6 Å². The molecule has 0 amide bonds. The van der Waals surface area contributed by atoms with Crippen LogP contribution < -0.4 is 5.46 Å². The van der Waals surface area contributed by atoms with E-state index in [1.54, 1.807) is 0 Å². The predicted molar refractivity (Wildman–Crippen MR) is 76.5 cm³/mol. The molecule has 1 aliphatic rings. The average molecular weight is 267 g/mol. The van der Waals surface area contributed by atoms with Gasteiger partial charge in [-0.15, -0.1) is 0 Å². The first-order valence-corrected chi connectivity index (χ1v) is 6.78. The van der Waals surface area contributed by atoms with Crippen LogP contribution in [0.1, 0.15) is 40.2 Å². The molecule has 2 rings (SSSR count). The first-order valence-electron chi connectivity index (χ1n) is 6.41. The number of rotatable bonds is 2. The summed E-state index contributed by atoms with van der Waals surface area (Å²) < 4.78 is 12.0. The average Bonchev–Trinajstić information content (AvgIpc) is 2.47. The summed E-state index contributed by atoms with van der Waals surface area (Å²) in [4.78, 5) is 0. The summed E-state index contributed by atoms with van der Waals surface area (Å²) in [5, 5.41) is 0.716. The fourth-order valence-corrected chi connectivity index (χ4v) is 2.24. The highest BCUT2D eigenvalue weighted by Gasteiger charge is 2.52. The van der Waals surface area contributed by atoms with E-state index in [2.05, 4.69) is 13.0 Å². The fraction of sp³-hybridized carbons (Fsp3) is 0.571. The van der Waals surface area contributed by atoms with Crippen LogP contribution in [0.15, 0.2) is 18.2 Å². The highest BCUT2D eigenvalue weighted by molar-refractivity contribution is 6.65. The fourth-order valence-electron chi connectivity index (χ4n) is 1.95. The van der Waals surface area contributed by atoms with Crippen molar-refractivity contribution in [2.24, 2.45) is 0 Å². The molecule has 1 aromatic carbocycles. The third-order valence-electron chi connectivity index (χ3n) is 3.98. The molecule has 0 atom stereocenters. The Balaban J connectivity index is 2.30. The first kappa shape index (κ1) is 13.9. The zero-order chi connectivity index (χ0) is 13.6. The summed E-state index contributed by atoms with van der Waals surface area (Å²) in [6.07, 6.45) is 0.976. The molecule has 0 aliphatic carbocycles. The molecular formula is C14H20BClO2. The van der Waals surface area contributed by atoms with Crippen molar-refractivity contribution in [2.45, 2.75) is 52.2 Å². The Morgan fingerprint density at radius 1 is 1.11 bits per heavy atom. The largest absolute Gasteiger partial charge is 0.496 e. The number of hydrogen-bond donors (Lipinski definition) is 0. The van der Waals surface area contributed by atoms with Gasteiger partial charge in [0, 0.05) is 10.5 Å². The molecule has 1 aromatic rings. The van der Waals surface area contributed by atoms with Crippen LogP contribution in [0.25, 0.3) is 0 Å². The van der Waals surface area contributed by atoms with E-state index in [0.29, 0.717) is 5.02 Å². The molecule has 1 heterocycles. The number of halogens is 1. The summed E-state index contributed by atoms with van der Waals surface area (Å²) in [5.41, 5.74) is 1.47. The van der Waals surface area contributed by atoms with Crippen LogP contribution in [0.5, 0.6) is 0 Å². The Kier molecular flexibility index (Phi) is 3.52. The van der Waals surface area contributed by atoms with Gasteiger partial charge < -0.3 is 9.31 Å². The lowest BCUT2D eigenvalue weighted by Crippen LogP contribution is -2.41. The molecule has 1 fully saturated rings. The van der Waals surface area contributed by atoms with Gasteiger partial charge in [0.1, 0.15) is 0 Å². The molecule has 0 N–H and O–H groups in total. The molecule has 4 heteroatoms. The minimum absolute atomic E-state index is 0.329. The van der Waals surface area contributed by atoms with Gasteiger partial charge in [0.15, 0.2) is 0 Å². The standard InChI is InChI=1S/C14H20BClO2/c1-6-10-7-8-11(12(16)9-10)15-17-13(2,3)14(4,5)18-15/h7-9H,6H2,1-5H3. The summed E-state index contributed by atoms with van der Waals surface area (Å²) in [5.74, 6) is 0. The van der Waals surface area contributed by atoms with Gasteiger partial charge in [-0.3, -0.25) is 0 Å². The first-order chi connectivity index (χ1) is 8.27. The molecule has 98 valence electrons. The van der Waals surface area contributed by atoms with Crippen LogP contribution in [0.3, 0.4) is 0 Å². The van der Waals surface area contributed by atoms with Crippen molar-refractivity contribution in [3.63, 3.8) is 0 Å². The third-order valence-corrected chi connectivity index (χ3v) is 4.31. The van der Waals surface area contributed by atoms with Gasteiger partial charge >= 0.3 is 7.12 Å². The maximum absolute atomic E-state index is 6.31. The van der Waals surface area contributed by atoms with E-state index >= 15 is 0 Å². The Hall–Kier alpha value is -0.505. The van der Waals surface area contributed by atoms with Crippen molar-refractivity contribution in [3.8, 4) is 0 Å². The number of benzene rings is 1. The lowest BCUT2D eigenvalue weighted by Gasteiger charge is -2.32. The van der Waals surface area contributed by atoms with Crippen molar-refractivity contribution < 1.29 is 9.31 Å². The summed E-state index contributed by atoms with van der Waals surface area (Å²) in [6, 6.07) is 6.07. The van der Waals surface area contributed by atoms with Gasteiger partial charge in [-0.2, -0.15) is 0 Å². The number of aryl methyl sites for hydroxylation is 1. The van der Waals surface area contributed by atoms with Crippen molar-refractivity contribution in [1.29, 1.82) is 0 Å². The van der Waals surface area contributed by atoms with Gasteiger partial charge in [0.05, 0.1) is 11.2 Å². The minimum Gasteiger partial charge on any atom is -0.399 e. The maximum Gasteiger partial charge on any atom is 0.496 e. The van der Waals surface area contributed by atoms with Crippen molar-refractivity contribution in [1.82, 2.24) is 0 Å². The second-order valence-electron chi connectivity index (χ2n) is 5.80. The van der Waals surface area contributed by atoms with E-state index in [0.717, 1.165) is 11.9 Å². The van der Waals surface area contributed by atoms with Crippen molar-refractivity contribution >= 4 is 24.2 Å². The van der Waals surface area contributed by atoms with Crippen LogP contribution in [0.2, 0.25) is 5.02 Å². The zero-order valence-corrected chi connectivity index (χ0v) is 12.5. The van der Waals surface area contributed by atoms with Crippen molar-refractivity contribution in [2.75, 3.05) is 0 Å². The Bertz CT molecular complexity index is 441. The predicted octanol–water partition coefficient (Wildman–Crippen LogP) is 3.20. The second-order valence-corrected chi connectivity index (χ2v) is 6.20. The van der Waals surface area contributed by atoms with Crippen molar-refractivity contribution in [3.05, 3.63) is 28.8 Å². The SMILES string of the molecule is CCc1ccc(B2OC(C)(C)C(C)(C)O2)c(Cl)c1. The molecule has 1 saturated heterocycles. The molecular weight excluding hydrogens is 246 g/mol. The number of hydrogen-bond acceptors (Lipinski definition) is 2. The third kappa shape index (κ3) is 2.32. The highest BCUT2D eigenvalue weighted by atomic mass is 35.5. The highest BCUT2D eigenvalue weighted by Crippen LogP contribution is 2.37. The van der Waals surface area contributed by atoms with Gasteiger partial charge in [0.2, 0.25) is 0 Å². The van der Waals surface area contributed by atoms with E-state index in [9.17, 15) is 0 Å². The molecule has 0 spiro atoms. The molecule has 0 radical (unpaired) electrons. The lowest BCUT2D eigenvalue weighted by molar-refractivity contribution is 0.00578. The smallest absolute Gasteiger partial charge is 0.399 e. The van der Waals surface area contributed by atoms with Crippen LogP contribution in [-0.4, -0.2) is 18.3 Å². The molecule has 0 bridgehead atoms. The van der Waals surface area contributed by atoms with Crippen LogP contribution in [-0.2, 0) is 15.7 Å². The summed E-state index contributed by atoms with van der Waals surface area (Å²) in [6.45, 7) is 10.3. The summed E-state index contributed by atoms with van der Waals surface area (Å²) >= 11 is 6.31. The summed E-state index contributed by atoms with van der Waals surface area (Å²) in [7, 11) is -0.381. The normalized spacial score (nSPS) is 21.3. The van der Waals surface area contributed by atoms with E-state index in [4.69, 9.17) is 20.9 Å². The van der Waals surface area contributed by atoms with E-state index < -0.39 is 0 Å². The molecule has 2 nitrogen and oxygen atoms in total. The van der Waals surface area contributed by atoms with Gasteiger partial charge in [-0.05, 0) is 45.7 Å². The Morgan fingerprint density at radius 3 is 2.11 bits per heavy atom. The van der Waals surface area contributed by atoms with Crippen LogP contribution in [0, 0.1) is 0 Å². The van der Waals surface area contributed by atoms with E-state index in [1.165, 1.54) is 5.56 Å². The molecule has 0 unspecified atom stereocenters. The monoisotopic (exact) mass is 266 g/mol. The van der Waals surface area contributed by atoms with Gasteiger partial charge in [-0.25, -0.2) is 0 Å². The van der Waals surface area contributed by atoms with Crippen LogP contribution in [0.4, 0.5) is 0 Å². The quantitative estimate of drug-likeness (QED) is 0.765. The van der Waals surface area contributed by atoms with E-state index in [1.807, 2.05) is 39.8 Å². The molecule has 0 aromatic heterocycles. The lowest BCUT2D eigenvalue weighted by atomic mass is 9.78. The Morgan fingerprint density at radius 2 is 1.67 bits per heavy atom. The van der Waals surface area contributed by atoms with Gasteiger partial charge in [-0.1, -0.05) is 30.7 Å². The molecule has 0 saturated carbocycles. The van der Waals surface area contributed by atoms with Gasteiger partial charge in [0.25, 0.3) is 0 Å². The maximum atomic E-state index is 6.31. The zero-order valence-electron chi connectivity index (χ0n) is 11.7. The Labute approximate surface area is 115 Å². The molecule has 1 aliphatic heterocycles. The topological polar surface area (TPSA) is 18.5 Å².